The van der Waals surface area contributed by atoms with Gasteiger partial charge in [-0.2, -0.15) is 0 Å². The summed E-state index contributed by atoms with van der Waals surface area (Å²) < 4.78 is 4.61. The molecule has 1 aromatic rings. The van der Waals surface area contributed by atoms with Crippen molar-refractivity contribution >= 4 is 34.0 Å². The highest BCUT2D eigenvalue weighted by atomic mass is 35.5. The first-order chi connectivity index (χ1) is 9.04. The Hall–Kier alpha value is -0.850. The lowest BCUT2D eigenvalue weighted by atomic mass is 9.85. The van der Waals surface area contributed by atoms with Gasteiger partial charge in [0.15, 0.2) is 15.2 Å². The van der Waals surface area contributed by atoms with Crippen molar-refractivity contribution in [2.24, 2.45) is 0 Å². The quantitative estimate of drug-likeness (QED) is 0.837. The van der Waals surface area contributed by atoms with Gasteiger partial charge in [-0.25, -0.2) is 9.78 Å². The normalized spacial score (nSPS) is 18.1. The number of nitrogens with zero attached hydrogens (tertiary/aromatic N) is 1. The largest absolute Gasteiger partial charge is 0.465 e. The van der Waals surface area contributed by atoms with Gasteiger partial charge in [-0.1, -0.05) is 42.2 Å². The summed E-state index contributed by atoms with van der Waals surface area (Å²) >= 11 is 7.01. The first kappa shape index (κ1) is 14.6. The molecular formula is C12H17ClN2O3S. The van der Waals surface area contributed by atoms with Crippen LogP contribution in [-0.2, 0) is 4.74 Å². The van der Waals surface area contributed by atoms with Crippen molar-refractivity contribution in [2.75, 3.05) is 19.0 Å². The molecule has 0 unspecified atom stereocenters. The minimum Gasteiger partial charge on any atom is -0.465 e. The molecule has 1 aliphatic rings. The lowest BCUT2D eigenvalue weighted by Crippen LogP contribution is -2.38. The maximum Gasteiger partial charge on any atom is 0.351 e. The van der Waals surface area contributed by atoms with Gasteiger partial charge in [0.05, 0.1) is 12.7 Å². The summed E-state index contributed by atoms with van der Waals surface area (Å²) in [7, 11) is 1.30. The van der Waals surface area contributed by atoms with Crippen molar-refractivity contribution in [1.29, 1.82) is 0 Å². The molecule has 1 fully saturated rings. The zero-order valence-electron chi connectivity index (χ0n) is 10.7. The van der Waals surface area contributed by atoms with Crippen LogP contribution >= 0.6 is 22.9 Å². The van der Waals surface area contributed by atoms with Gasteiger partial charge >= 0.3 is 5.97 Å². The van der Waals surface area contributed by atoms with Gasteiger partial charge in [0.25, 0.3) is 0 Å². The van der Waals surface area contributed by atoms with Crippen molar-refractivity contribution in [1.82, 2.24) is 4.98 Å². The van der Waals surface area contributed by atoms with E-state index in [-0.39, 0.29) is 10.0 Å². The molecule has 0 aromatic carbocycles. The Morgan fingerprint density at radius 1 is 1.53 bits per heavy atom. The first-order valence-electron chi connectivity index (χ1n) is 6.25. The average molecular weight is 305 g/mol. The molecule has 1 aromatic heterocycles. The minimum atomic E-state index is -0.679. The number of hydrogen-bond acceptors (Lipinski definition) is 6. The second-order valence-corrected chi connectivity index (χ2v) is 6.13. The Morgan fingerprint density at radius 3 is 2.84 bits per heavy atom. The van der Waals surface area contributed by atoms with Crippen LogP contribution in [0, 0.1) is 0 Å². The number of aromatic nitrogens is 1. The minimum absolute atomic E-state index is 0.134. The molecule has 106 valence electrons. The number of rotatable bonds is 4. The summed E-state index contributed by atoms with van der Waals surface area (Å²) in [4.78, 5) is 15.7. The molecule has 0 aliphatic heterocycles. The maximum atomic E-state index is 11.4. The van der Waals surface area contributed by atoms with Crippen molar-refractivity contribution in [2.45, 2.75) is 37.7 Å². The molecular weight excluding hydrogens is 288 g/mol. The molecule has 1 aliphatic carbocycles. The Morgan fingerprint density at radius 2 is 2.21 bits per heavy atom. The number of thiazole rings is 1. The van der Waals surface area contributed by atoms with Gasteiger partial charge in [0.2, 0.25) is 0 Å². The summed E-state index contributed by atoms with van der Waals surface area (Å²) in [6, 6.07) is 0. The first-order valence-corrected chi connectivity index (χ1v) is 7.44. The summed E-state index contributed by atoms with van der Waals surface area (Å²) in [6.45, 7) is 0.428. The van der Waals surface area contributed by atoms with Gasteiger partial charge < -0.3 is 15.2 Å². The van der Waals surface area contributed by atoms with E-state index in [0.29, 0.717) is 11.7 Å². The fourth-order valence-corrected chi connectivity index (χ4v) is 3.32. The Bertz CT molecular complexity index is 458. The van der Waals surface area contributed by atoms with Gasteiger partial charge in [0, 0.05) is 6.54 Å². The standard InChI is InChI=1S/C12H17ClN2O3S/c1-18-10(16)8-9(13)15-11(19-8)14-7-12(17)5-3-2-4-6-12/h17H,2-7H2,1H3,(H,14,15). The van der Waals surface area contributed by atoms with Crippen LogP contribution in [0.1, 0.15) is 41.8 Å². The van der Waals surface area contributed by atoms with Crippen molar-refractivity contribution in [3.8, 4) is 0 Å². The number of carbonyl (C=O) groups is 1. The number of carbonyl (C=O) groups excluding carboxylic acids is 1. The summed E-state index contributed by atoms with van der Waals surface area (Å²) in [6.07, 6.45) is 4.86. The van der Waals surface area contributed by atoms with Crippen LogP contribution in [0.4, 0.5) is 5.13 Å². The fourth-order valence-electron chi connectivity index (χ4n) is 2.22. The topological polar surface area (TPSA) is 71.5 Å². The number of methoxy groups -OCH3 is 1. The van der Waals surface area contributed by atoms with Crippen LogP contribution in [0.2, 0.25) is 5.15 Å². The van der Waals surface area contributed by atoms with E-state index < -0.39 is 11.6 Å². The predicted molar refractivity (Wildman–Crippen MR) is 75.0 cm³/mol. The third-order valence-electron chi connectivity index (χ3n) is 3.31. The van der Waals surface area contributed by atoms with Crippen LogP contribution in [0.15, 0.2) is 0 Å². The van der Waals surface area contributed by atoms with E-state index in [4.69, 9.17) is 11.6 Å². The number of anilines is 1. The molecule has 7 heteroatoms. The zero-order valence-corrected chi connectivity index (χ0v) is 12.3. The fraction of sp³-hybridized carbons (Fsp3) is 0.667. The molecule has 0 atom stereocenters. The number of hydrogen-bond donors (Lipinski definition) is 2. The van der Waals surface area contributed by atoms with Gasteiger partial charge in [-0.05, 0) is 12.8 Å². The number of esters is 1. The van der Waals surface area contributed by atoms with Crippen LogP contribution in [-0.4, -0.2) is 35.3 Å². The molecule has 0 radical (unpaired) electrons. The van der Waals surface area contributed by atoms with Crippen LogP contribution in [0.3, 0.4) is 0 Å². The monoisotopic (exact) mass is 304 g/mol. The molecule has 2 rings (SSSR count). The van der Waals surface area contributed by atoms with E-state index in [1.54, 1.807) is 0 Å². The lowest BCUT2D eigenvalue weighted by molar-refractivity contribution is 0.0167. The summed E-state index contributed by atoms with van der Waals surface area (Å²) in [5, 5.41) is 14.1. The Balaban J connectivity index is 1.98. The van der Waals surface area contributed by atoms with Crippen LogP contribution in [0.5, 0.6) is 0 Å². The molecule has 2 N–H and O–H groups in total. The smallest absolute Gasteiger partial charge is 0.351 e. The van der Waals surface area contributed by atoms with E-state index >= 15 is 0 Å². The lowest BCUT2D eigenvalue weighted by Gasteiger charge is -2.31. The zero-order chi connectivity index (χ0) is 13.9. The number of ether oxygens (including phenoxy) is 1. The van der Waals surface area contributed by atoms with Crippen molar-refractivity contribution in [3.05, 3.63) is 10.0 Å². The van der Waals surface area contributed by atoms with E-state index in [9.17, 15) is 9.90 Å². The van der Waals surface area contributed by atoms with Crippen molar-refractivity contribution in [3.63, 3.8) is 0 Å². The highest BCUT2D eigenvalue weighted by Gasteiger charge is 2.29. The molecule has 0 amide bonds. The summed E-state index contributed by atoms with van der Waals surface area (Å²) in [5.74, 6) is -0.494. The Labute approximate surface area is 120 Å². The molecule has 1 heterocycles. The second-order valence-electron chi connectivity index (χ2n) is 4.77. The summed E-state index contributed by atoms with van der Waals surface area (Å²) in [5.41, 5.74) is -0.679. The SMILES string of the molecule is COC(=O)c1sc(NCC2(O)CCCCC2)nc1Cl. The maximum absolute atomic E-state index is 11.4. The van der Waals surface area contributed by atoms with Crippen molar-refractivity contribution < 1.29 is 14.6 Å². The molecule has 0 bridgehead atoms. The van der Waals surface area contributed by atoms with Crippen LogP contribution in [0.25, 0.3) is 0 Å². The second kappa shape index (κ2) is 6.07. The van der Waals surface area contributed by atoms with Gasteiger partial charge in [-0.15, -0.1) is 0 Å². The average Bonchev–Trinajstić information content (AvgIpc) is 2.78. The van der Waals surface area contributed by atoms with Gasteiger partial charge in [-0.3, -0.25) is 0 Å². The van der Waals surface area contributed by atoms with E-state index in [1.807, 2.05) is 0 Å². The third kappa shape index (κ3) is 3.58. The predicted octanol–water partition coefficient (Wildman–Crippen LogP) is 2.69. The number of halogens is 1. The Kier molecular flexibility index (Phi) is 4.65. The number of aliphatic hydroxyl groups is 1. The highest BCUT2D eigenvalue weighted by molar-refractivity contribution is 7.18. The third-order valence-corrected chi connectivity index (χ3v) is 4.69. The number of nitrogens with one attached hydrogen (secondary N) is 1. The molecule has 5 nitrogen and oxygen atoms in total. The molecule has 19 heavy (non-hydrogen) atoms. The molecule has 0 spiro atoms. The van der Waals surface area contributed by atoms with E-state index in [1.165, 1.54) is 13.5 Å². The molecule has 0 saturated heterocycles. The van der Waals surface area contributed by atoms with E-state index in [0.717, 1.165) is 37.0 Å². The molecule has 1 saturated carbocycles. The van der Waals surface area contributed by atoms with Crippen LogP contribution < -0.4 is 5.32 Å². The van der Waals surface area contributed by atoms with Gasteiger partial charge in [0.1, 0.15) is 0 Å². The highest BCUT2D eigenvalue weighted by Crippen LogP contribution is 2.31. The van der Waals surface area contributed by atoms with E-state index in [2.05, 4.69) is 15.0 Å².